The highest BCUT2D eigenvalue weighted by Gasteiger charge is 2.31. The third-order valence-electron chi connectivity index (χ3n) is 4.37. The number of hydrogen-bond acceptors (Lipinski definition) is 4. The summed E-state index contributed by atoms with van der Waals surface area (Å²) in [5, 5.41) is 7.17. The third kappa shape index (κ3) is 4.59. The number of fused-ring (bicyclic) bond motifs is 1. The van der Waals surface area contributed by atoms with Crippen LogP contribution in [0, 0.1) is 5.82 Å². The Kier molecular flexibility index (Phi) is 7.71. The predicted molar refractivity (Wildman–Crippen MR) is 121 cm³/mol. The molecule has 1 fully saturated rings. The highest BCUT2D eigenvalue weighted by Crippen LogP contribution is 2.36. The Balaban J connectivity index is 0.000000906. The quantitative estimate of drug-likeness (QED) is 0.535. The summed E-state index contributed by atoms with van der Waals surface area (Å²) in [6.07, 6.45) is 1.70. The number of methoxy groups -OCH3 is 1. The molecule has 0 aliphatic carbocycles. The van der Waals surface area contributed by atoms with Crippen molar-refractivity contribution in [3.63, 3.8) is 0 Å². The van der Waals surface area contributed by atoms with Crippen LogP contribution in [0.2, 0.25) is 0 Å². The third-order valence-corrected chi connectivity index (χ3v) is 5.70. The molecule has 1 aliphatic heterocycles. The first kappa shape index (κ1) is 22.0. The zero-order valence-electron chi connectivity index (χ0n) is 15.5. The van der Waals surface area contributed by atoms with Crippen LogP contribution in [0.4, 0.5) is 10.1 Å². The van der Waals surface area contributed by atoms with Crippen LogP contribution in [0.5, 0.6) is 5.88 Å². The lowest BCUT2D eigenvalue weighted by Gasteiger charge is -2.41. The second-order valence-corrected chi connectivity index (χ2v) is 7.25. The van der Waals surface area contributed by atoms with Crippen molar-refractivity contribution in [3.8, 4) is 5.88 Å². The number of hydrogen-bond donors (Lipinski definition) is 1. The van der Waals surface area contributed by atoms with Crippen molar-refractivity contribution in [2.75, 3.05) is 25.5 Å². The summed E-state index contributed by atoms with van der Waals surface area (Å²) in [7, 11) is 1.59. The molecule has 2 aromatic heterocycles. The molecule has 0 bridgehead atoms. The maximum atomic E-state index is 13.3. The standard InChI is InChI=1S/C18H16FN3OS2.C2H6.CH4/c1-23-17-5-3-13(7-20-17)21-18(24)22-8-11(9-22)15-10-25-16-6-12(19)2-4-14(15)16;1-2;/h2-7,10-11H,8-9H2,1H3,(H,21,24);1-2H3;1H4. The van der Waals surface area contributed by atoms with Crippen molar-refractivity contribution in [2.45, 2.75) is 27.2 Å². The molecule has 7 heteroatoms. The smallest absolute Gasteiger partial charge is 0.213 e. The van der Waals surface area contributed by atoms with Crippen LogP contribution >= 0.6 is 23.6 Å². The monoisotopic (exact) mass is 419 g/mol. The zero-order valence-corrected chi connectivity index (χ0v) is 17.2. The van der Waals surface area contributed by atoms with Crippen LogP contribution < -0.4 is 10.1 Å². The summed E-state index contributed by atoms with van der Waals surface area (Å²) in [4.78, 5) is 6.28. The minimum atomic E-state index is -0.186. The highest BCUT2D eigenvalue weighted by molar-refractivity contribution is 7.80. The number of halogens is 1. The van der Waals surface area contributed by atoms with Gasteiger partial charge in [0.05, 0.1) is 19.0 Å². The molecule has 0 spiro atoms. The fraction of sp³-hybridized carbons (Fsp3) is 0.333. The first-order valence-electron chi connectivity index (χ1n) is 8.86. The molecule has 1 N–H and O–H groups in total. The van der Waals surface area contributed by atoms with E-state index in [1.54, 1.807) is 36.8 Å². The number of thiocarbonyl (C=S) groups is 1. The van der Waals surface area contributed by atoms with Crippen LogP contribution in [-0.4, -0.2) is 35.2 Å². The van der Waals surface area contributed by atoms with Gasteiger partial charge in [-0.05, 0) is 46.7 Å². The number of aromatic nitrogens is 1. The normalized spacial score (nSPS) is 13.1. The lowest BCUT2D eigenvalue weighted by molar-refractivity contribution is 0.258. The summed E-state index contributed by atoms with van der Waals surface area (Å²) in [6, 6.07) is 8.68. The molecule has 1 saturated heterocycles. The van der Waals surface area contributed by atoms with E-state index in [2.05, 4.69) is 20.6 Å². The number of nitrogens with zero attached hydrogens (tertiary/aromatic N) is 2. The number of ether oxygens (including phenoxy) is 1. The summed E-state index contributed by atoms with van der Waals surface area (Å²) in [5.41, 5.74) is 2.12. The van der Waals surface area contributed by atoms with Crippen LogP contribution in [0.25, 0.3) is 10.1 Å². The summed E-state index contributed by atoms with van der Waals surface area (Å²) >= 11 is 7.07. The number of anilines is 1. The van der Waals surface area contributed by atoms with Gasteiger partial charge in [0, 0.05) is 29.8 Å². The van der Waals surface area contributed by atoms with Gasteiger partial charge in [-0.25, -0.2) is 9.37 Å². The van der Waals surface area contributed by atoms with Gasteiger partial charge in [0.1, 0.15) is 5.82 Å². The first-order valence-corrected chi connectivity index (χ1v) is 10.2. The van der Waals surface area contributed by atoms with E-state index in [1.165, 1.54) is 11.6 Å². The van der Waals surface area contributed by atoms with Crippen LogP contribution in [-0.2, 0) is 0 Å². The average molecular weight is 420 g/mol. The average Bonchev–Trinajstić information content (AvgIpc) is 3.05. The second kappa shape index (κ2) is 9.80. The van der Waals surface area contributed by atoms with Gasteiger partial charge in [0.2, 0.25) is 5.88 Å². The minimum Gasteiger partial charge on any atom is -0.481 e. The van der Waals surface area contributed by atoms with Crippen LogP contribution in [0.1, 0.15) is 32.8 Å². The van der Waals surface area contributed by atoms with Gasteiger partial charge in [-0.2, -0.15) is 0 Å². The van der Waals surface area contributed by atoms with E-state index in [1.807, 2.05) is 26.0 Å². The Morgan fingerprint density at radius 2 is 2.04 bits per heavy atom. The van der Waals surface area contributed by atoms with Gasteiger partial charge in [-0.1, -0.05) is 27.3 Å². The van der Waals surface area contributed by atoms with Crippen molar-refractivity contribution in [1.29, 1.82) is 0 Å². The van der Waals surface area contributed by atoms with E-state index in [9.17, 15) is 4.39 Å². The Morgan fingerprint density at radius 1 is 1.29 bits per heavy atom. The molecule has 0 radical (unpaired) electrons. The fourth-order valence-electron chi connectivity index (χ4n) is 2.96. The number of likely N-dealkylation sites (tertiary alicyclic amines) is 1. The Labute approximate surface area is 175 Å². The molecule has 1 aliphatic rings. The summed E-state index contributed by atoms with van der Waals surface area (Å²) in [5.74, 6) is 0.809. The first-order chi connectivity index (χ1) is 13.1. The lowest BCUT2D eigenvalue weighted by atomic mass is 9.91. The number of benzene rings is 1. The van der Waals surface area contributed by atoms with Crippen LogP contribution in [0.3, 0.4) is 0 Å². The minimum absolute atomic E-state index is 0. The second-order valence-electron chi connectivity index (χ2n) is 5.95. The van der Waals surface area contributed by atoms with E-state index in [4.69, 9.17) is 17.0 Å². The van der Waals surface area contributed by atoms with Gasteiger partial charge in [0.25, 0.3) is 0 Å². The molecular weight excluding hydrogens is 393 g/mol. The highest BCUT2D eigenvalue weighted by atomic mass is 32.1. The van der Waals surface area contributed by atoms with E-state index < -0.39 is 0 Å². The molecule has 3 heterocycles. The molecule has 4 rings (SSSR count). The van der Waals surface area contributed by atoms with E-state index >= 15 is 0 Å². The van der Waals surface area contributed by atoms with E-state index in [0.717, 1.165) is 28.9 Å². The number of pyridine rings is 1. The zero-order chi connectivity index (χ0) is 19.4. The molecule has 0 unspecified atom stereocenters. The Morgan fingerprint density at radius 3 is 2.68 bits per heavy atom. The molecule has 0 amide bonds. The van der Waals surface area contributed by atoms with Gasteiger partial charge in [0.15, 0.2) is 5.11 Å². The molecule has 0 saturated carbocycles. The van der Waals surface area contributed by atoms with Crippen molar-refractivity contribution >= 4 is 44.4 Å². The number of rotatable bonds is 3. The van der Waals surface area contributed by atoms with Crippen LogP contribution in [0.15, 0.2) is 41.9 Å². The molecular formula is C21H26FN3OS2. The van der Waals surface area contributed by atoms with Crippen molar-refractivity contribution in [3.05, 3.63) is 53.3 Å². The van der Waals surface area contributed by atoms with Crippen molar-refractivity contribution in [1.82, 2.24) is 9.88 Å². The number of nitrogens with one attached hydrogen (secondary N) is 1. The van der Waals surface area contributed by atoms with Gasteiger partial charge < -0.3 is 15.0 Å². The Bertz CT molecular complexity index is 921. The fourth-order valence-corrected chi connectivity index (χ4v) is 4.29. The topological polar surface area (TPSA) is 37.4 Å². The molecule has 0 atom stereocenters. The van der Waals surface area contributed by atoms with E-state index in [0.29, 0.717) is 16.9 Å². The largest absolute Gasteiger partial charge is 0.481 e. The molecule has 150 valence electrons. The van der Waals surface area contributed by atoms with Gasteiger partial charge >= 0.3 is 0 Å². The SMILES string of the molecule is C.CC.COc1ccc(NC(=S)N2CC(c3csc4cc(F)ccc34)C2)cn1. The molecule has 1 aromatic carbocycles. The Hall–Kier alpha value is -2.25. The maximum Gasteiger partial charge on any atom is 0.213 e. The van der Waals surface area contributed by atoms with Crippen molar-refractivity contribution < 1.29 is 9.13 Å². The molecule has 28 heavy (non-hydrogen) atoms. The lowest BCUT2D eigenvalue weighted by Crippen LogP contribution is -2.50. The van der Waals surface area contributed by atoms with Gasteiger partial charge in [-0.15, -0.1) is 11.3 Å². The summed E-state index contributed by atoms with van der Waals surface area (Å²) < 4.78 is 19.4. The molecule has 4 nitrogen and oxygen atoms in total. The van der Waals surface area contributed by atoms with Crippen molar-refractivity contribution in [2.24, 2.45) is 0 Å². The predicted octanol–water partition coefficient (Wildman–Crippen LogP) is 5.90. The van der Waals surface area contributed by atoms with E-state index in [-0.39, 0.29) is 13.2 Å². The molecule has 3 aromatic rings. The number of thiophene rings is 1. The maximum absolute atomic E-state index is 13.3. The van der Waals surface area contributed by atoms with Gasteiger partial charge in [-0.3, -0.25) is 0 Å². The summed E-state index contributed by atoms with van der Waals surface area (Å²) in [6.45, 7) is 5.72.